The van der Waals surface area contributed by atoms with Gasteiger partial charge in [0.15, 0.2) is 6.29 Å². The molecule has 0 aromatic carbocycles. The zero-order valence-electron chi connectivity index (χ0n) is 19.5. The summed E-state index contributed by atoms with van der Waals surface area (Å²) in [4.78, 5) is 0. The number of hydrogen-bond acceptors (Lipinski definition) is 16. The molecule has 0 spiro atoms. The Labute approximate surface area is 207 Å². The Morgan fingerprint density at radius 2 is 0.917 bits per heavy atom. The van der Waals surface area contributed by atoms with E-state index in [1.54, 1.807) is 0 Å². The molecule has 0 aromatic rings. The maximum absolute atomic E-state index is 10.8. The normalized spacial score (nSPS) is 50.2. The van der Waals surface area contributed by atoms with E-state index in [0.717, 1.165) is 0 Å². The smallest absolute Gasteiger partial charge is 0.173 e. The molecule has 3 aliphatic rings. The minimum atomic E-state index is -1.50. The summed E-state index contributed by atoms with van der Waals surface area (Å²) in [6.07, 6.45) is -14.4. The Bertz CT molecular complexity index is 677. The summed E-state index contributed by atoms with van der Waals surface area (Å²) in [5, 5.41) is 79.6. The number of rotatable bonds is 9. The molecule has 3 heterocycles. The molecule has 16 heteroatoms. The Morgan fingerprint density at radius 3 is 1.42 bits per heavy atom. The predicted octanol–water partition coefficient (Wildman–Crippen LogP) is -7.59. The van der Waals surface area contributed by atoms with E-state index in [0.29, 0.717) is 0 Å². The first-order chi connectivity index (χ1) is 17.0. The molecule has 14 N–H and O–H groups in total. The van der Waals surface area contributed by atoms with Gasteiger partial charge in [-0.25, -0.2) is 0 Å². The van der Waals surface area contributed by atoms with Gasteiger partial charge in [0.1, 0.15) is 54.9 Å². The van der Waals surface area contributed by atoms with Crippen molar-refractivity contribution in [2.45, 2.75) is 91.6 Å². The molecule has 6 unspecified atom stereocenters. The summed E-state index contributed by atoms with van der Waals surface area (Å²) in [6.45, 7) is -2.28. The first kappa shape index (κ1) is 29.9. The van der Waals surface area contributed by atoms with Gasteiger partial charge >= 0.3 is 0 Å². The van der Waals surface area contributed by atoms with Crippen molar-refractivity contribution in [2.24, 2.45) is 17.2 Å². The molecule has 0 aromatic heterocycles. The number of aliphatic hydroxyl groups is 8. The standard InChI is InChI=1S/C20H39N3O13/c21-11-9(34-6(1-24)14(27)15(11)28)4-32-18-7(2-25)35-10(12(22)16(18)29)5-33-19-8(3-26)36-20(31)13(23)17(19)30/h6-20,24-31H,1-5,21-23H2/t6?,7?,8?,9-,10-,11+,12+,13-,14+,15?,16?,17?,18-,19-,20+/m0/s1. The fourth-order valence-electron chi connectivity index (χ4n) is 4.64. The second-order valence-electron chi connectivity index (χ2n) is 9.33. The van der Waals surface area contributed by atoms with Gasteiger partial charge in [-0.3, -0.25) is 0 Å². The average molecular weight is 530 g/mol. The fraction of sp³-hybridized carbons (Fsp3) is 1.00. The van der Waals surface area contributed by atoms with E-state index in [9.17, 15) is 40.9 Å². The number of nitrogens with two attached hydrogens (primary N) is 3. The van der Waals surface area contributed by atoms with Crippen LogP contribution in [-0.4, -0.2) is 165 Å². The minimum absolute atomic E-state index is 0.277. The molecule has 0 saturated carbocycles. The molecule has 36 heavy (non-hydrogen) atoms. The van der Waals surface area contributed by atoms with E-state index < -0.39 is 111 Å². The maximum atomic E-state index is 10.8. The first-order valence-electron chi connectivity index (χ1n) is 11.7. The van der Waals surface area contributed by atoms with Crippen LogP contribution in [0.5, 0.6) is 0 Å². The lowest BCUT2D eigenvalue weighted by atomic mass is 9.92. The molecule has 0 bridgehead atoms. The monoisotopic (exact) mass is 529 g/mol. The molecule has 15 atom stereocenters. The quantitative estimate of drug-likeness (QED) is 0.132. The molecule has 0 amide bonds. The second-order valence-corrected chi connectivity index (χ2v) is 9.33. The van der Waals surface area contributed by atoms with Crippen LogP contribution < -0.4 is 17.2 Å². The minimum Gasteiger partial charge on any atom is -0.394 e. The van der Waals surface area contributed by atoms with Gasteiger partial charge in [-0.05, 0) is 0 Å². The van der Waals surface area contributed by atoms with Crippen LogP contribution >= 0.6 is 0 Å². The highest BCUT2D eigenvalue weighted by Crippen LogP contribution is 2.27. The van der Waals surface area contributed by atoms with Gasteiger partial charge in [0.05, 0.1) is 63.4 Å². The molecule has 3 saturated heterocycles. The van der Waals surface area contributed by atoms with E-state index in [2.05, 4.69) is 0 Å². The van der Waals surface area contributed by atoms with E-state index in [-0.39, 0.29) is 13.2 Å². The van der Waals surface area contributed by atoms with Gasteiger partial charge in [0.25, 0.3) is 0 Å². The lowest BCUT2D eigenvalue weighted by molar-refractivity contribution is -0.272. The van der Waals surface area contributed by atoms with Crippen molar-refractivity contribution in [1.82, 2.24) is 0 Å². The molecule has 16 nitrogen and oxygen atoms in total. The predicted molar refractivity (Wildman–Crippen MR) is 117 cm³/mol. The van der Waals surface area contributed by atoms with Gasteiger partial charge in [0, 0.05) is 0 Å². The molecule has 3 aliphatic heterocycles. The van der Waals surface area contributed by atoms with Crippen molar-refractivity contribution in [3.05, 3.63) is 0 Å². The van der Waals surface area contributed by atoms with Crippen LogP contribution in [0.2, 0.25) is 0 Å². The number of aliphatic hydroxyl groups excluding tert-OH is 8. The van der Waals surface area contributed by atoms with Crippen molar-refractivity contribution < 1.29 is 64.5 Å². The molecule has 0 radical (unpaired) electrons. The summed E-state index contributed by atoms with van der Waals surface area (Å²) >= 11 is 0. The van der Waals surface area contributed by atoms with Crippen LogP contribution in [0.3, 0.4) is 0 Å². The number of ether oxygens (including phenoxy) is 5. The third-order valence-corrected chi connectivity index (χ3v) is 6.97. The molecule has 3 rings (SSSR count). The molecule has 212 valence electrons. The van der Waals surface area contributed by atoms with Gasteiger partial charge in [-0.2, -0.15) is 0 Å². The lowest BCUT2D eigenvalue weighted by Crippen LogP contribution is -2.66. The highest BCUT2D eigenvalue weighted by molar-refractivity contribution is 4.99. The van der Waals surface area contributed by atoms with Crippen molar-refractivity contribution in [2.75, 3.05) is 33.0 Å². The van der Waals surface area contributed by atoms with Crippen molar-refractivity contribution >= 4 is 0 Å². The third-order valence-electron chi connectivity index (χ3n) is 6.97. The Hall–Kier alpha value is -0.640. The first-order valence-corrected chi connectivity index (χ1v) is 11.7. The zero-order valence-corrected chi connectivity index (χ0v) is 19.5. The summed E-state index contributed by atoms with van der Waals surface area (Å²) in [7, 11) is 0. The van der Waals surface area contributed by atoms with E-state index in [1.807, 2.05) is 0 Å². The van der Waals surface area contributed by atoms with Gasteiger partial charge in [-0.1, -0.05) is 0 Å². The van der Waals surface area contributed by atoms with Gasteiger partial charge in [0.2, 0.25) is 0 Å². The SMILES string of the molecule is N[C@H]1C(O)[C@@H](OC[C@@H]2OC(CO)[C@H](OC[C@@H]3OC(CO)[C@@H](O)C(O)[C@@H]3N)C(O)[C@@H]2N)C(CO)O[C@H]1O. The molecule has 0 aliphatic carbocycles. The molecule has 3 fully saturated rings. The van der Waals surface area contributed by atoms with E-state index in [1.165, 1.54) is 0 Å². The van der Waals surface area contributed by atoms with Crippen LogP contribution in [0.25, 0.3) is 0 Å². The van der Waals surface area contributed by atoms with Crippen LogP contribution in [0.4, 0.5) is 0 Å². The zero-order chi connectivity index (χ0) is 26.7. The molecular formula is C20H39N3O13. The summed E-state index contributed by atoms with van der Waals surface area (Å²) in [5.41, 5.74) is 17.7. The van der Waals surface area contributed by atoms with Gasteiger partial charge in [-0.15, -0.1) is 0 Å². The highest BCUT2D eigenvalue weighted by atomic mass is 16.6. The van der Waals surface area contributed by atoms with E-state index in [4.69, 9.17) is 40.9 Å². The summed E-state index contributed by atoms with van der Waals surface area (Å²) < 4.78 is 27.8. The van der Waals surface area contributed by atoms with Crippen molar-refractivity contribution in [1.29, 1.82) is 0 Å². The highest BCUT2D eigenvalue weighted by Gasteiger charge is 2.48. The fourth-order valence-corrected chi connectivity index (χ4v) is 4.64. The number of hydrogen-bond donors (Lipinski definition) is 11. The van der Waals surface area contributed by atoms with E-state index >= 15 is 0 Å². The lowest BCUT2D eigenvalue weighted by Gasteiger charge is -2.45. The van der Waals surface area contributed by atoms with Crippen LogP contribution in [0.15, 0.2) is 0 Å². The summed E-state index contributed by atoms with van der Waals surface area (Å²) in [5.74, 6) is 0. The van der Waals surface area contributed by atoms with Crippen LogP contribution in [-0.2, 0) is 23.7 Å². The average Bonchev–Trinajstić information content (AvgIpc) is 2.87. The summed E-state index contributed by atoms with van der Waals surface area (Å²) in [6, 6.07) is -3.32. The van der Waals surface area contributed by atoms with Crippen LogP contribution in [0, 0.1) is 0 Å². The second kappa shape index (κ2) is 12.9. The molecular weight excluding hydrogens is 490 g/mol. The largest absolute Gasteiger partial charge is 0.394 e. The van der Waals surface area contributed by atoms with Gasteiger partial charge < -0.3 is 81.7 Å². The topological polar surface area (TPSA) is 286 Å². The Kier molecular flexibility index (Phi) is 10.8. The third kappa shape index (κ3) is 6.15. The Balaban J connectivity index is 1.60. The Morgan fingerprint density at radius 1 is 0.500 bits per heavy atom. The maximum Gasteiger partial charge on any atom is 0.173 e. The van der Waals surface area contributed by atoms with Crippen LogP contribution in [0.1, 0.15) is 0 Å². The van der Waals surface area contributed by atoms with Crippen molar-refractivity contribution in [3.8, 4) is 0 Å². The van der Waals surface area contributed by atoms with Crippen molar-refractivity contribution in [3.63, 3.8) is 0 Å².